The lowest BCUT2D eigenvalue weighted by Gasteiger charge is -2.11. The Hall–Kier alpha value is -1.54. The third-order valence-electron chi connectivity index (χ3n) is 3.72. The molecule has 0 aromatic heterocycles. The summed E-state index contributed by atoms with van der Waals surface area (Å²) in [5.74, 6) is 0.951. The van der Waals surface area contributed by atoms with Gasteiger partial charge in [-0.05, 0) is 30.0 Å². The molecule has 1 N–H and O–H groups in total. The molecule has 20 heavy (non-hydrogen) atoms. The van der Waals surface area contributed by atoms with Crippen LogP contribution in [0, 0.1) is 0 Å². The Labute approximate surface area is 122 Å². The molecule has 0 saturated carbocycles. The molecule has 0 saturated heterocycles. The Balaban J connectivity index is 2.00. The maximum absolute atomic E-state index is 5.43. The van der Waals surface area contributed by atoms with Gasteiger partial charge in [-0.3, -0.25) is 0 Å². The van der Waals surface area contributed by atoms with Crippen molar-refractivity contribution in [2.45, 2.75) is 39.2 Å². The van der Waals surface area contributed by atoms with Gasteiger partial charge in [0.2, 0.25) is 0 Å². The molecule has 0 aliphatic rings. The molecule has 2 rings (SSSR count). The molecule has 0 heterocycles. The molecule has 0 bridgehead atoms. The lowest BCUT2D eigenvalue weighted by molar-refractivity contribution is 0.419. The van der Waals surface area contributed by atoms with Crippen molar-refractivity contribution in [3.05, 3.63) is 42.0 Å². The van der Waals surface area contributed by atoms with Crippen molar-refractivity contribution in [1.82, 2.24) is 5.32 Å². The van der Waals surface area contributed by atoms with E-state index in [4.69, 9.17) is 4.74 Å². The first kappa shape index (κ1) is 14.9. The quantitative estimate of drug-likeness (QED) is 0.713. The van der Waals surface area contributed by atoms with Gasteiger partial charge in [-0.15, -0.1) is 0 Å². The van der Waals surface area contributed by atoms with Crippen LogP contribution < -0.4 is 10.1 Å². The monoisotopic (exact) mass is 271 g/mol. The predicted octanol–water partition coefficient (Wildman–Crippen LogP) is 4.52. The van der Waals surface area contributed by atoms with Crippen LogP contribution in [0.25, 0.3) is 10.8 Å². The van der Waals surface area contributed by atoms with Crippen LogP contribution in [-0.4, -0.2) is 13.7 Å². The van der Waals surface area contributed by atoms with Crippen LogP contribution in [0.5, 0.6) is 5.75 Å². The summed E-state index contributed by atoms with van der Waals surface area (Å²) in [6.07, 6.45) is 5.23. The maximum atomic E-state index is 5.43. The van der Waals surface area contributed by atoms with Crippen LogP contribution in [0.3, 0.4) is 0 Å². The molecule has 0 fully saturated rings. The van der Waals surface area contributed by atoms with Crippen LogP contribution in [0.1, 0.15) is 38.2 Å². The fourth-order valence-corrected chi connectivity index (χ4v) is 2.57. The molecule has 2 nitrogen and oxygen atoms in total. The summed E-state index contributed by atoms with van der Waals surface area (Å²) >= 11 is 0. The van der Waals surface area contributed by atoms with Gasteiger partial charge in [-0.2, -0.15) is 0 Å². The Kier molecular flexibility index (Phi) is 5.87. The van der Waals surface area contributed by atoms with Crippen molar-refractivity contribution >= 4 is 10.8 Å². The second kappa shape index (κ2) is 7.91. The number of nitrogens with one attached hydrogen (secondary N) is 1. The molecule has 0 spiro atoms. The van der Waals surface area contributed by atoms with Gasteiger partial charge in [0.05, 0.1) is 7.11 Å². The second-order valence-electron chi connectivity index (χ2n) is 5.21. The van der Waals surface area contributed by atoms with Crippen molar-refractivity contribution in [3.8, 4) is 5.75 Å². The highest BCUT2D eigenvalue weighted by atomic mass is 16.5. The average molecular weight is 271 g/mol. The van der Waals surface area contributed by atoms with E-state index < -0.39 is 0 Å². The number of hydrogen-bond donors (Lipinski definition) is 1. The highest BCUT2D eigenvalue weighted by Gasteiger charge is 2.05. The van der Waals surface area contributed by atoms with E-state index in [9.17, 15) is 0 Å². The first-order valence-corrected chi connectivity index (χ1v) is 7.62. The number of hydrogen-bond acceptors (Lipinski definition) is 2. The van der Waals surface area contributed by atoms with E-state index in [0.29, 0.717) is 0 Å². The van der Waals surface area contributed by atoms with Crippen molar-refractivity contribution in [2.75, 3.05) is 13.7 Å². The normalized spacial score (nSPS) is 10.9. The summed E-state index contributed by atoms with van der Waals surface area (Å²) in [4.78, 5) is 0. The zero-order chi connectivity index (χ0) is 14.2. The van der Waals surface area contributed by atoms with E-state index in [-0.39, 0.29) is 0 Å². The number of unbranched alkanes of at least 4 members (excludes halogenated alkanes) is 3. The van der Waals surface area contributed by atoms with E-state index in [1.807, 2.05) is 0 Å². The molecular formula is C18H25NO. The molecule has 0 aliphatic heterocycles. The highest BCUT2D eigenvalue weighted by molar-refractivity contribution is 5.91. The number of methoxy groups -OCH3 is 1. The van der Waals surface area contributed by atoms with Crippen LogP contribution in [0.4, 0.5) is 0 Å². The lowest BCUT2D eigenvalue weighted by Crippen LogP contribution is -2.14. The zero-order valence-electron chi connectivity index (χ0n) is 12.6. The van der Waals surface area contributed by atoms with Gasteiger partial charge in [-0.1, -0.05) is 56.5 Å². The molecule has 2 aromatic rings. The molecule has 0 amide bonds. The van der Waals surface area contributed by atoms with Crippen molar-refractivity contribution in [2.24, 2.45) is 0 Å². The molecule has 0 radical (unpaired) electrons. The Morgan fingerprint density at radius 2 is 1.75 bits per heavy atom. The van der Waals surface area contributed by atoms with E-state index >= 15 is 0 Å². The molecule has 0 atom stereocenters. The largest absolute Gasteiger partial charge is 0.496 e. The number of fused-ring (bicyclic) bond motifs is 1. The third kappa shape index (κ3) is 3.73. The van der Waals surface area contributed by atoms with Gasteiger partial charge >= 0.3 is 0 Å². The molecular weight excluding hydrogens is 246 g/mol. The minimum atomic E-state index is 0.927. The highest BCUT2D eigenvalue weighted by Crippen LogP contribution is 2.28. The minimum absolute atomic E-state index is 0.927. The zero-order valence-corrected chi connectivity index (χ0v) is 12.6. The molecule has 0 aliphatic carbocycles. The molecule has 108 valence electrons. The van der Waals surface area contributed by atoms with E-state index in [1.165, 1.54) is 42.0 Å². The first-order valence-electron chi connectivity index (χ1n) is 7.62. The summed E-state index contributed by atoms with van der Waals surface area (Å²) in [5, 5.41) is 6.03. The fraction of sp³-hybridized carbons (Fsp3) is 0.444. The molecule has 0 unspecified atom stereocenters. The second-order valence-corrected chi connectivity index (χ2v) is 5.21. The first-order chi connectivity index (χ1) is 9.86. The number of benzene rings is 2. The fourth-order valence-electron chi connectivity index (χ4n) is 2.57. The predicted molar refractivity (Wildman–Crippen MR) is 86.3 cm³/mol. The summed E-state index contributed by atoms with van der Waals surface area (Å²) in [5.41, 5.74) is 1.34. The van der Waals surface area contributed by atoms with Gasteiger partial charge in [0.1, 0.15) is 5.75 Å². The standard InChI is InChI=1S/C18H25NO/c1-3-4-5-8-13-19-14-15-11-12-18(20-2)17-10-7-6-9-16(15)17/h6-7,9-12,19H,3-5,8,13-14H2,1-2H3. The van der Waals surface area contributed by atoms with Gasteiger partial charge in [-0.25, -0.2) is 0 Å². The van der Waals surface area contributed by atoms with E-state index in [0.717, 1.165) is 18.8 Å². The van der Waals surface area contributed by atoms with Gasteiger partial charge in [0, 0.05) is 11.9 Å². The lowest BCUT2D eigenvalue weighted by atomic mass is 10.0. The smallest absolute Gasteiger partial charge is 0.126 e. The van der Waals surface area contributed by atoms with Crippen LogP contribution in [0.2, 0.25) is 0 Å². The third-order valence-corrected chi connectivity index (χ3v) is 3.72. The van der Waals surface area contributed by atoms with Gasteiger partial charge < -0.3 is 10.1 Å². The van der Waals surface area contributed by atoms with E-state index in [1.54, 1.807) is 7.11 Å². The summed E-state index contributed by atoms with van der Waals surface area (Å²) in [7, 11) is 1.73. The Morgan fingerprint density at radius 1 is 0.950 bits per heavy atom. The minimum Gasteiger partial charge on any atom is -0.496 e. The Morgan fingerprint density at radius 3 is 2.50 bits per heavy atom. The summed E-state index contributed by atoms with van der Waals surface area (Å²) in [6.45, 7) is 4.27. The van der Waals surface area contributed by atoms with E-state index in [2.05, 4.69) is 48.6 Å². The molecule has 2 heteroatoms. The Bertz CT molecular complexity index is 536. The number of rotatable bonds is 8. The van der Waals surface area contributed by atoms with Gasteiger partial charge in [0.25, 0.3) is 0 Å². The van der Waals surface area contributed by atoms with Crippen molar-refractivity contribution in [1.29, 1.82) is 0 Å². The molecule has 2 aromatic carbocycles. The van der Waals surface area contributed by atoms with Crippen molar-refractivity contribution < 1.29 is 4.74 Å². The SMILES string of the molecule is CCCCCCNCc1ccc(OC)c2ccccc12. The topological polar surface area (TPSA) is 21.3 Å². The van der Waals surface area contributed by atoms with Crippen LogP contribution in [0.15, 0.2) is 36.4 Å². The maximum Gasteiger partial charge on any atom is 0.126 e. The summed E-state index contributed by atoms with van der Waals surface area (Å²) < 4.78 is 5.43. The van der Waals surface area contributed by atoms with Crippen molar-refractivity contribution in [3.63, 3.8) is 0 Å². The summed E-state index contributed by atoms with van der Waals surface area (Å²) in [6, 6.07) is 12.7. The number of ether oxygens (including phenoxy) is 1. The van der Waals surface area contributed by atoms with Crippen LogP contribution >= 0.6 is 0 Å². The van der Waals surface area contributed by atoms with Crippen LogP contribution in [-0.2, 0) is 6.54 Å². The average Bonchev–Trinajstić information content (AvgIpc) is 2.50. The van der Waals surface area contributed by atoms with Gasteiger partial charge in [0.15, 0.2) is 0 Å².